The van der Waals surface area contributed by atoms with Crippen molar-refractivity contribution in [1.82, 2.24) is 14.8 Å². The molecule has 0 aliphatic heterocycles. The topological polar surface area (TPSA) is 59.9 Å². The van der Waals surface area contributed by atoms with E-state index in [0.29, 0.717) is 22.2 Å². The quantitative estimate of drug-likeness (QED) is 0.708. The van der Waals surface area contributed by atoms with E-state index in [4.69, 9.17) is 4.74 Å². The van der Waals surface area contributed by atoms with E-state index in [1.54, 1.807) is 13.2 Å². The van der Waals surface area contributed by atoms with Gasteiger partial charge in [-0.1, -0.05) is 0 Å². The minimum Gasteiger partial charge on any atom is -0.497 e. The summed E-state index contributed by atoms with van der Waals surface area (Å²) in [6.07, 6.45) is 0. The predicted molar refractivity (Wildman–Crippen MR) is 70.1 cm³/mol. The summed E-state index contributed by atoms with van der Waals surface area (Å²) in [6, 6.07) is 5.48. The summed E-state index contributed by atoms with van der Waals surface area (Å²) in [5.74, 6) is 0.681. The van der Waals surface area contributed by atoms with E-state index in [2.05, 4.69) is 10.2 Å². The second-order valence-corrected chi connectivity index (χ2v) is 4.32. The number of ether oxygens (including phenoxy) is 1. The third-order valence-electron chi connectivity index (χ3n) is 3.28. The smallest absolute Gasteiger partial charge is 0.200 e. The molecule has 5 heteroatoms. The first kappa shape index (κ1) is 10.8. The Morgan fingerprint density at radius 1 is 1.39 bits per heavy atom. The van der Waals surface area contributed by atoms with Crippen LogP contribution in [0.15, 0.2) is 23.0 Å². The van der Waals surface area contributed by atoms with Crippen molar-refractivity contribution in [2.45, 2.75) is 6.92 Å². The molecule has 0 fully saturated rings. The number of fused-ring (bicyclic) bond motifs is 2. The highest BCUT2D eigenvalue weighted by molar-refractivity contribution is 5.93. The number of benzene rings is 1. The number of aromatic nitrogens is 3. The van der Waals surface area contributed by atoms with E-state index in [-0.39, 0.29) is 5.43 Å². The molecule has 0 unspecified atom stereocenters. The number of hydrogen-bond donors (Lipinski definition) is 1. The van der Waals surface area contributed by atoms with E-state index in [9.17, 15) is 4.79 Å². The van der Waals surface area contributed by atoms with Gasteiger partial charge in [0, 0.05) is 12.7 Å². The Bertz CT molecular complexity index is 814. The normalized spacial score (nSPS) is 11.3. The summed E-state index contributed by atoms with van der Waals surface area (Å²) in [5.41, 5.74) is 2.30. The molecule has 1 N–H and O–H groups in total. The molecule has 0 aliphatic rings. The molecule has 0 saturated carbocycles. The highest BCUT2D eigenvalue weighted by atomic mass is 16.5. The summed E-state index contributed by atoms with van der Waals surface area (Å²) < 4.78 is 7.08. The largest absolute Gasteiger partial charge is 0.497 e. The molecule has 92 valence electrons. The third kappa shape index (κ3) is 1.27. The highest BCUT2D eigenvalue weighted by Gasteiger charge is 2.13. The zero-order chi connectivity index (χ0) is 12.9. The van der Waals surface area contributed by atoms with Gasteiger partial charge in [0.05, 0.1) is 23.4 Å². The number of H-pyrrole nitrogens is 1. The monoisotopic (exact) mass is 243 g/mol. The van der Waals surface area contributed by atoms with Gasteiger partial charge in [0.15, 0.2) is 5.65 Å². The Morgan fingerprint density at radius 2 is 2.17 bits per heavy atom. The van der Waals surface area contributed by atoms with Gasteiger partial charge in [-0.3, -0.25) is 9.89 Å². The van der Waals surface area contributed by atoms with Crippen molar-refractivity contribution < 1.29 is 4.74 Å². The number of nitrogens with one attached hydrogen (secondary N) is 1. The molecule has 3 rings (SSSR count). The lowest BCUT2D eigenvalue weighted by Gasteiger charge is -2.07. The van der Waals surface area contributed by atoms with Crippen LogP contribution in [0.25, 0.3) is 21.9 Å². The fourth-order valence-corrected chi connectivity index (χ4v) is 2.30. The standard InChI is InChI=1S/C13H13N3O2/c1-7-11-12(17)9-6-8(18-3)4-5-10(9)16(2)13(11)15-14-7/h4-6H,1-3H3,(H,14,15). The van der Waals surface area contributed by atoms with Crippen LogP contribution in [0.2, 0.25) is 0 Å². The van der Waals surface area contributed by atoms with Crippen molar-refractivity contribution in [3.63, 3.8) is 0 Å². The second kappa shape index (κ2) is 3.60. The van der Waals surface area contributed by atoms with Crippen LogP contribution >= 0.6 is 0 Å². The second-order valence-electron chi connectivity index (χ2n) is 4.32. The van der Waals surface area contributed by atoms with Crippen molar-refractivity contribution in [2.75, 3.05) is 7.11 Å². The summed E-state index contributed by atoms with van der Waals surface area (Å²) in [4.78, 5) is 12.5. The van der Waals surface area contributed by atoms with Gasteiger partial charge in [-0.15, -0.1) is 0 Å². The van der Waals surface area contributed by atoms with Crippen molar-refractivity contribution in [1.29, 1.82) is 0 Å². The molecule has 0 amide bonds. The average Bonchev–Trinajstić information content (AvgIpc) is 2.78. The van der Waals surface area contributed by atoms with Gasteiger partial charge >= 0.3 is 0 Å². The Morgan fingerprint density at radius 3 is 2.89 bits per heavy atom. The number of methoxy groups -OCH3 is 1. The van der Waals surface area contributed by atoms with Gasteiger partial charge in [0.1, 0.15) is 5.75 Å². The number of aryl methyl sites for hydroxylation is 2. The molecule has 0 bridgehead atoms. The third-order valence-corrected chi connectivity index (χ3v) is 3.28. The molecule has 0 atom stereocenters. The van der Waals surface area contributed by atoms with Crippen molar-refractivity contribution in [3.8, 4) is 5.75 Å². The van der Waals surface area contributed by atoms with Gasteiger partial charge in [0.25, 0.3) is 0 Å². The molecule has 0 spiro atoms. The maximum absolute atomic E-state index is 12.5. The van der Waals surface area contributed by atoms with E-state index >= 15 is 0 Å². The first-order valence-electron chi connectivity index (χ1n) is 5.65. The first-order chi connectivity index (χ1) is 8.63. The molecule has 0 saturated heterocycles. The minimum atomic E-state index is -0.0109. The molecular formula is C13H13N3O2. The summed E-state index contributed by atoms with van der Waals surface area (Å²) in [5, 5.41) is 8.32. The lowest BCUT2D eigenvalue weighted by Crippen LogP contribution is -2.09. The molecule has 3 aromatic rings. The number of hydrogen-bond acceptors (Lipinski definition) is 3. The molecule has 2 heterocycles. The summed E-state index contributed by atoms with van der Waals surface area (Å²) in [6.45, 7) is 1.85. The molecule has 0 radical (unpaired) electrons. The van der Waals surface area contributed by atoms with Crippen molar-refractivity contribution >= 4 is 21.9 Å². The zero-order valence-corrected chi connectivity index (χ0v) is 10.4. The number of rotatable bonds is 1. The highest BCUT2D eigenvalue weighted by Crippen LogP contribution is 2.22. The Hall–Kier alpha value is -2.30. The summed E-state index contributed by atoms with van der Waals surface area (Å²) >= 11 is 0. The van der Waals surface area contributed by atoms with Gasteiger partial charge in [-0.2, -0.15) is 5.10 Å². The van der Waals surface area contributed by atoms with Gasteiger partial charge in [-0.05, 0) is 25.1 Å². The summed E-state index contributed by atoms with van der Waals surface area (Å²) in [7, 11) is 3.49. The fourth-order valence-electron chi connectivity index (χ4n) is 2.30. The van der Waals surface area contributed by atoms with Crippen LogP contribution < -0.4 is 10.2 Å². The zero-order valence-electron chi connectivity index (χ0n) is 10.4. The maximum atomic E-state index is 12.5. The Balaban J connectivity index is 2.60. The Kier molecular flexibility index (Phi) is 2.16. The first-order valence-corrected chi connectivity index (χ1v) is 5.65. The molecule has 18 heavy (non-hydrogen) atoms. The van der Waals surface area contributed by atoms with Gasteiger partial charge < -0.3 is 9.30 Å². The Labute approximate surface area is 103 Å². The van der Waals surface area contributed by atoms with E-state index in [1.165, 1.54) is 0 Å². The molecule has 2 aromatic heterocycles. The fraction of sp³-hybridized carbons (Fsp3) is 0.231. The van der Waals surface area contributed by atoms with Crippen molar-refractivity contribution in [3.05, 3.63) is 34.1 Å². The van der Waals surface area contributed by atoms with E-state index < -0.39 is 0 Å². The molecule has 0 aliphatic carbocycles. The lowest BCUT2D eigenvalue weighted by molar-refractivity contribution is 0.415. The maximum Gasteiger partial charge on any atom is 0.200 e. The van der Waals surface area contributed by atoms with E-state index in [0.717, 1.165) is 11.2 Å². The minimum absolute atomic E-state index is 0.0109. The molecular weight excluding hydrogens is 230 g/mol. The number of nitrogens with zero attached hydrogens (tertiary/aromatic N) is 2. The van der Waals surface area contributed by atoms with Crippen molar-refractivity contribution in [2.24, 2.45) is 7.05 Å². The van der Waals surface area contributed by atoms with Crippen LogP contribution in [-0.2, 0) is 7.05 Å². The van der Waals surface area contributed by atoms with Gasteiger partial charge in [0.2, 0.25) is 5.43 Å². The lowest BCUT2D eigenvalue weighted by atomic mass is 10.1. The SMILES string of the molecule is COc1ccc2c(c1)c(=O)c1c(C)[nH]nc1n2C. The van der Waals surface area contributed by atoms with Crippen LogP contribution in [0.1, 0.15) is 5.69 Å². The van der Waals surface area contributed by atoms with Crippen LogP contribution in [-0.4, -0.2) is 21.9 Å². The van der Waals surface area contributed by atoms with Crippen LogP contribution in [0.3, 0.4) is 0 Å². The average molecular weight is 243 g/mol. The van der Waals surface area contributed by atoms with Crippen LogP contribution in [0, 0.1) is 6.92 Å². The van der Waals surface area contributed by atoms with E-state index in [1.807, 2.05) is 30.7 Å². The van der Waals surface area contributed by atoms with Gasteiger partial charge in [-0.25, -0.2) is 0 Å². The number of pyridine rings is 1. The predicted octanol–water partition coefficient (Wildman–Crippen LogP) is 1.73. The van der Waals surface area contributed by atoms with Crippen LogP contribution in [0.4, 0.5) is 0 Å². The number of aromatic amines is 1. The molecule has 1 aromatic carbocycles. The molecule has 5 nitrogen and oxygen atoms in total. The van der Waals surface area contributed by atoms with Crippen LogP contribution in [0.5, 0.6) is 5.75 Å².